The minimum Gasteiger partial charge on any atom is -0.508 e. The molecule has 0 fully saturated rings. The van der Waals surface area contributed by atoms with Gasteiger partial charge in [-0.2, -0.15) is 0 Å². The Bertz CT molecular complexity index is 612. The summed E-state index contributed by atoms with van der Waals surface area (Å²) in [5.74, 6) is -0.196. The third kappa shape index (κ3) is 8.59. The maximum absolute atomic E-state index is 12.1. The Hall–Kier alpha value is -2.00. The highest BCUT2D eigenvalue weighted by Crippen LogP contribution is 2.16. The molecule has 0 aliphatic carbocycles. The molecule has 0 unspecified atom stereocenters. The summed E-state index contributed by atoms with van der Waals surface area (Å²) in [6.45, 7) is 3.48. The molecule has 0 saturated carbocycles. The van der Waals surface area contributed by atoms with Gasteiger partial charge in [0.05, 0.1) is 0 Å². The van der Waals surface area contributed by atoms with E-state index >= 15 is 0 Å². The van der Waals surface area contributed by atoms with Gasteiger partial charge < -0.3 is 15.7 Å². The molecule has 7 nitrogen and oxygen atoms in total. The van der Waals surface area contributed by atoms with Crippen LogP contribution in [0.3, 0.4) is 0 Å². The number of aromatic hydroxyl groups is 1. The van der Waals surface area contributed by atoms with Crippen LogP contribution in [0.15, 0.2) is 18.2 Å². The number of rotatable bonds is 8. The smallest absolute Gasteiger partial charge is 0.251 e. The van der Waals surface area contributed by atoms with Crippen molar-refractivity contribution in [1.82, 2.24) is 10.6 Å². The molecule has 0 bridgehead atoms. The molecular formula is C16H20N2O5S2. The summed E-state index contributed by atoms with van der Waals surface area (Å²) in [6, 6.07) is 3.90. The molecule has 0 saturated heterocycles. The number of carbonyl (C=O) groups excluding carboxylic acids is 4. The van der Waals surface area contributed by atoms with Gasteiger partial charge in [-0.3, -0.25) is 19.2 Å². The molecule has 0 aliphatic heterocycles. The maximum Gasteiger partial charge on any atom is 0.251 e. The van der Waals surface area contributed by atoms with Crippen LogP contribution >= 0.6 is 23.5 Å². The molecule has 1 rings (SSSR count). The van der Waals surface area contributed by atoms with Crippen LogP contribution in [0.1, 0.15) is 34.6 Å². The van der Waals surface area contributed by atoms with Gasteiger partial charge in [-0.05, 0) is 18.2 Å². The van der Waals surface area contributed by atoms with E-state index < -0.39 is 11.8 Å². The molecule has 1 aromatic rings. The molecule has 9 heteroatoms. The van der Waals surface area contributed by atoms with Gasteiger partial charge >= 0.3 is 0 Å². The first-order valence-electron chi connectivity index (χ1n) is 7.46. The SMILES string of the molecule is CC(=O)SCCNC(=O)c1cc(O)cc(C(=O)NCCSC(C)=O)c1. The van der Waals surface area contributed by atoms with Crippen LogP contribution < -0.4 is 10.6 Å². The molecular weight excluding hydrogens is 364 g/mol. The zero-order chi connectivity index (χ0) is 18.8. The van der Waals surface area contributed by atoms with Crippen LogP contribution in [0.25, 0.3) is 0 Å². The number of nitrogens with one attached hydrogen (secondary N) is 2. The lowest BCUT2D eigenvalue weighted by atomic mass is 10.1. The monoisotopic (exact) mass is 384 g/mol. The number of phenolic OH excluding ortho intramolecular Hbond substituents is 1. The van der Waals surface area contributed by atoms with Crippen LogP contribution in [-0.2, 0) is 9.59 Å². The van der Waals surface area contributed by atoms with Gasteiger partial charge in [0.25, 0.3) is 11.8 Å². The fourth-order valence-electron chi connectivity index (χ4n) is 1.80. The first-order chi connectivity index (χ1) is 11.8. The number of hydrogen-bond donors (Lipinski definition) is 3. The largest absolute Gasteiger partial charge is 0.508 e. The first kappa shape index (κ1) is 21.0. The van der Waals surface area contributed by atoms with E-state index in [1.807, 2.05) is 0 Å². The second-order valence-corrected chi connectivity index (χ2v) is 7.50. The van der Waals surface area contributed by atoms with Crippen molar-refractivity contribution in [2.75, 3.05) is 24.6 Å². The number of thioether (sulfide) groups is 2. The first-order valence-corrected chi connectivity index (χ1v) is 9.44. The van der Waals surface area contributed by atoms with Gasteiger partial charge in [-0.1, -0.05) is 23.5 Å². The van der Waals surface area contributed by atoms with E-state index in [0.29, 0.717) is 24.6 Å². The molecule has 25 heavy (non-hydrogen) atoms. The third-order valence-corrected chi connectivity index (χ3v) is 4.46. The Kier molecular flexibility index (Phi) is 9.07. The highest BCUT2D eigenvalue weighted by Gasteiger charge is 2.13. The molecule has 136 valence electrons. The fraction of sp³-hybridized carbons (Fsp3) is 0.375. The highest BCUT2D eigenvalue weighted by molar-refractivity contribution is 8.13. The van der Waals surface area contributed by atoms with E-state index in [4.69, 9.17) is 0 Å². The summed E-state index contributed by atoms with van der Waals surface area (Å²) in [6.07, 6.45) is 0. The van der Waals surface area contributed by atoms with Gasteiger partial charge in [0, 0.05) is 49.6 Å². The lowest BCUT2D eigenvalue weighted by Crippen LogP contribution is -2.28. The van der Waals surface area contributed by atoms with E-state index in [1.54, 1.807) is 0 Å². The molecule has 2 amide bonds. The van der Waals surface area contributed by atoms with Gasteiger partial charge in [0.2, 0.25) is 0 Å². The van der Waals surface area contributed by atoms with E-state index in [0.717, 1.165) is 23.5 Å². The van der Waals surface area contributed by atoms with Crippen molar-refractivity contribution in [3.05, 3.63) is 29.3 Å². The Labute approximate surface area is 154 Å². The minimum atomic E-state index is -0.443. The van der Waals surface area contributed by atoms with Crippen molar-refractivity contribution in [2.24, 2.45) is 0 Å². The third-order valence-electron chi connectivity index (χ3n) is 2.83. The minimum absolute atomic E-state index is 0.0338. The fourth-order valence-corrected chi connectivity index (χ4v) is 2.78. The van der Waals surface area contributed by atoms with Crippen molar-refractivity contribution < 1.29 is 24.3 Å². The number of phenols is 1. The second-order valence-electron chi connectivity index (χ2n) is 4.96. The summed E-state index contributed by atoms with van der Waals surface area (Å²) in [5.41, 5.74) is 0.298. The Balaban J connectivity index is 2.62. The van der Waals surface area contributed by atoms with Crippen LogP contribution in [0.2, 0.25) is 0 Å². The maximum atomic E-state index is 12.1. The normalized spacial score (nSPS) is 10.2. The van der Waals surface area contributed by atoms with Crippen LogP contribution in [0, 0.1) is 0 Å². The van der Waals surface area contributed by atoms with Crippen molar-refractivity contribution in [2.45, 2.75) is 13.8 Å². The predicted molar refractivity (Wildman–Crippen MR) is 99.1 cm³/mol. The zero-order valence-electron chi connectivity index (χ0n) is 14.0. The molecule has 0 aliphatic rings. The van der Waals surface area contributed by atoms with Gasteiger partial charge in [0.1, 0.15) is 5.75 Å². The quantitative estimate of drug-likeness (QED) is 0.581. The summed E-state index contributed by atoms with van der Waals surface area (Å²) in [5, 5.41) is 14.9. The predicted octanol–water partition coefficient (Wildman–Crippen LogP) is 1.41. The molecule has 1 aromatic carbocycles. The summed E-state index contributed by atoms with van der Waals surface area (Å²) >= 11 is 2.20. The zero-order valence-corrected chi connectivity index (χ0v) is 15.6. The molecule has 0 radical (unpaired) electrons. The van der Waals surface area contributed by atoms with Crippen molar-refractivity contribution in [3.8, 4) is 5.75 Å². The number of hydrogen-bond acceptors (Lipinski definition) is 7. The van der Waals surface area contributed by atoms with Crippen molar-refractivity contribution in [1.29, 1.82) is 0 Å². The number of benzene rings is 1. The number of amides is 2. The average molecular weight is 384 g/mol. The Morgan fingerprint density at radius 3 is 1.60 bits per heavy atom. The summed E-state index contributed by atoms with van der Waals surface area (Å²) in [7, 11) is 0. The van der Waals surface area contributed by atoms with Gasteiger partial charge in [-0.25, -0.2) is 0 Å². The Morgan fingerprint density at radius 2 is 1.24 bits per heavy atom. The number of carbonyl (C=O) groups is 4. The van der Waals surface area contributed by atoms with Gasteiger partial charge in [-0.15, -0.1) is 0 Å². The van der Waals surface area contributed by atoms with E-state index in [2.05, 4.69) is 10.6 Å². The van der Waals surface area contributed by atoms with Crippen LogP contribution in [0.5, 0.6) is 5.75 Å². The highest BCUT2D eigenvalue weighted by atomic mass is 32.2. The lowest BCUT2D eigenvalue weighted by Gasteiger charge is -2.08. The van der Waals surface area contributed by atoms with E-state index in [9.17, 15) is 24.3 Å². The molecule has 3 N–H and O–H groups in total. The molecule has 0 atom stereocenters. The van der Waals surface area contributed by atoms with E-state index in [-0.39, 0.29) is 27.1 Å². The Morgan fingerprint density at radius 1 is 0.840 bits per heavy atom. The van der Waals surface area contributed by atoms with Crippen molar-refractivity contribution in [3.63, 3.8) is 0 Å². The van der Waals surface area contributed by atoms with Crippen molar-refractivity contribution >= 4 is 45.6 Å². The standard InChI is InChI=1S/C16H20N2O5S2/c1-10(19)24-5-3-17-15(22)12-7-13(9-14(21)8-12)16(23)18-4-6-25-11(2)20/h7-9,21H,3-6H2,1-2H3,(H,17,22)(H,18,23). The molecule has 0 spiro atoms. The van der Waals surface area contributed by atoms with Gasteiger partial charge in [0.15, 0.2) is 10.2 Å². The second kappa shape index (κ2) is 10.8. The molecule has 0 heterocycles. The summed E-state index contributed by atoms with van der Waals surface area (Å²) in [4.78, 5) is 45.8. The van der Waals surface area contributed by atoms with Crippen LogP contribution in [0.4, 0.5) is 0 Å². The van der Waals surface area contributed by atoms with E-state index in [1.165, 1.54) is 32.0 Å². The summed E-state index contributed by atoms with van der Waals surface area (Å²) < 4.78 is 0. The topological polar surface area (TPSA) is 113 Å². The van der Waals surface area contributed by atoms with Crippen LogP contribution in [-0.4, -0.2) is 51.7 Å². The lowest BCUT2D eigenvalue weighted by molar-refractivity contribution is -0.109. The average Bonchev–Trinajstić information content (AvgIpc) is 2.54. The molecule has 0 aromatic heterocycles.